The van der Waals surface area contributed by atoms with E-state index in [0.29, 0.717) is 25.2 Å². The van der Waals surface area contributed by atoms with E-state index in [4.69, 9.17) is 0 Å². The van der Waals surface area contributed by atoms with Crippen LogP contribution in [-0.4, -0.2) is 48.9 Å². The van der Waals surface area contributed by atoms with Gasteiger partial charge in [-0.15, -0.1) is 0 Å². The zero-order chi connectivity index (χ0) is 22.9. The molecule has 0 saturated carbocycles. The highest BCUT2D eigenvalue weighted by atomic mass is 19.4. The number of alkyl halides is 3. The minimum absolute atomic E-state index is 0.0285. The van der Waals surface area contributed by atoms with Crippen molar-refractivity contribution >= 4 is 23.2 Å². The number of amides is 2. The van der Waals surface area contributed by atoms with Crippen molar-refractivity contribution in [2.24, 2.45) is 0 Å². The van der Waals surface area contributed by atoms with Crippen LogP contribution in [0.3, 0.4) is 0 Å². The fourth-order valence-corrected chi connectivity index (χ4v) is 4.62. The summed E-state index contributed by atoms with van der Waals surface area (Å²) in [6, 6.07) is 13.0. The number of anilines is 2. The monoisotopic (exact) mass is 445 g/mol. The van der Waals surface area contributed by atoms with Crippen molar-refractivity contribution in [3.8, 4) is 0 Å². The van der Waals surface area contributed by atoms with Gasteiger partial charge in [-0.2, -0.15) is 13.2 Å². The molecule has 8 heteroatoms. The van der Waals surface area contributed by atoms with Crippen LogP contribution in [0.5, 0.6) is 0 Å². The lowest BCUT2D eigenvalue weighted by molar-refractivity contribution is -0.137. The number of rotatable bonds is 3. The van der Waals surface area contributed by atoms with Gasteiger partial charge in [0, 0.05) is 39.1 Å². The molecule has 1 fully saturated rings. The second kappa shape index (κ2) is 8.84. The Morgan fingerprint density at radius 1 is 0.906 bits per heavy atom. The Morgan fingerprint density at radius 2 is 1.53 bits per heavy atom. The summed E-state index contributed by atoms with van der Waals surface area (Å²) in [5, 5.41) is 0. The molecule has 0 N–H and O–H groups in total. The summed E-state index contributed by atoms with van der Waals surface area (Å²) in [5.41, 5.74) is 1.84. The summed E-state index contributed by atoms with van der Waals surface area (Å²) in [6.07, 6.45) is -2.65. The van der Waals surface area contributed by atoms with Crippen molar-refractivity contribution in [1.82, 2.24) is 4.90 Å². The van der Waals surface area contributed by atoms with E-state index < -0.39 is 11.7 Å². The highest BCUT2D eigenvalue weighted by Gasteiger charge is 2.33. The third kappa shape index (κ3) is 4.59. The molecule has 2 aromatic carbocycles. The number of likely N-dealkylation sites (tertiary alicyclic amines) is 1. The van der Waals surface area contributed by atoms with Crippen LogP contribution in [0.25, 0.3) is 0 Å². The molecule has 0 unspecified atom stereocenters. The van der Waals surface area contributed by atoms with Gasteiger partial charge in [0.25, 0.3) is 0 Å². The van der Waals surface area contributed by atoms with Crippen LogP contribution in [0.2, 0.25) is 0 Å². The number of fused-ring (bicyclic) bond motifs is 1. The van der Waals surface area contributed by atoms with Crippen molar-refractivity contribution in [2.75, 3.05) is 36.0 Å². The number of carbonyl (C=O) groups is 2. The second-order valence-electron chi connectivity index (χ2n) is 8.34. The van der Waals surface area contributed by atoms with Crippen LogP contribution in [0.1, 0.15) is 30.9 Å². The van der Waals surface area contributed by atoms with Gasteiger partial charge < -0.3 is 14.7 Å². The first-order valence-electron chi connectivity index (χ1n) is 10.8. The Labute approximate surface area is 185 Å². The summed E-state index contributed by atoms with van der Waals surface area (Å²) in [4.78, 5) is 30.6. The number of piperidine rings is 1. The number of benzene rings is 2. The van der Waals surface area contributed by atoms with Gasteiger partial charge in [0.05, 0.1) is 23.4 Å². The maximum absolute atomic E-state index is 12.7. The summed E-state index contributed by atoms with van der Waals surface area (Å²) < 4.78 is 38.2. The standard InChI is InChI=1S/C24H26F3N3O2/c1-17(31)29-14-15-30(22-5-3-2-4-21(22)29)20-10-12-28(13-11-20)23(32)16-18-6-8-19(9-7-18)24(25,26)27/h2-9,20H,10-16H2,1H3. The van der Waals surface area contributed by atoms with Gasteiger partial charge in [-0.05, 0) is 42.7 Å². The van der Waals surface area contributed by atoms with E-state index in [2.05, 4.69) is 4.90 Å². The second-order valence-corrected chi connectivity index (χ2v) is 8.34. The number of para-hydroxylation sites is 2. The van der Waals surface area contributed by atoms with E-state index in [1.54, 1.807) is 16.7 Å². The van der Waals surface area contributed by atoms with Crippen LogP contribution in [0.4, 0.5) is 24.5 Å². The fourth-order valence-electron chi connectivity index (χ4n) is 4.62. The molecular formula is C24H26F3N3O2. The van der Waals surface area contributed by atoms with Crippen LogP contribution in [0, 0.1) is 0 Å². The number of hydrogen-bond acceptors (Lipinski definition) is 3. The summed E-state index contributed by atoms with van der Waals surface area (Å²) >= 11 is 0. The predicted octanol–water partition coefficient (Wildman–Crippen LogP) is 4.11. The van der Waals surface area contributed by atoms with Crippen LogP contribution < -0.4 is 9.80 Å². The maximum atomic E-state index is 12.7. The van der Waals surface area contributed by atoms with Crippen LogP contribution >= 0.6 is 0 Å². The van der Waals surface area contributed by atoms with Gasteiger partial charge >= 0.3 is 6.18 Å². The summed E-state index contributed by atoms with van der Waals surface area (Å²) in [7, 11) is 0. The molecule has 0 aliphatic carbocycles. The smallest absolute Gasteiger partial charge is 0.365 e. The molecule has 0 bridgehead atoms. The number of halogens is 3. The molecule has 0 radical (unpaired) electrons. The normalized spacial score (nSPS) is 17.3. The fraction of sp³-hybridized carbons (Fsp3) is 0.417. The van der Waals surface area contributed by atoms with Crippen molar-refractivity contribution in [2.45, 2.75) is 38.4 Å². The van der Waals surface area contributed by atoms with Crippen molar-refractivity contribution < 1.29 is 22.8 Å². The van der Waals surface area contributed by atoms with Gasteiger partial charge in [0.15, 0.2) is 0 Å². The SMILES string of the molecule is CC(=O)N1CCN(C2CCN(C(=O)Cc3ccc(C(F)(F)F)cc3)CC2)c2ccccc21. The molecule has 0 spiro atoms. The number of nitrogens with zero attached hydrogens (tertiary/aromatic N) is 3. The molecule has 2 heterocycles. The van der Waals surface area contributed by atoms with E-state index in [0.717, 1.165) is 42.9 Å². The first kappa shape index (κ1) is 22.2. The van der Waals surface area contributed by atoms with E-state index in [1.807, 2.05) is 24.3 Å². The highest BCUT2D eigenvalue weighted by molar-refractivity contribution is 5.96. The van der Waals surface area contributed by atoms with Crippen molar-refractivity contribution in [3.05, 3.63) is 59.7 Å². The number of hydrogen-bond donors (Lipinski definition) is 0. The molecule has 2 aliphatic heterocycles. The van der Waals surface area contributed by atoms with Gasteiger partial charge in [0.1, 0.15) is 0 Å². The topological polar surface area (TPSA) is 43.9 Å². The highest BCUT2D eigenvalue weighted by Crippen LogP contribution is 2.36. The van der Waals surface area contributed by atoms with Gasteiger partial charge in [-0.3, -0.25) is 9.59 Å². The molecular weight excluding hydrogens is 419 g/mol. The van der Waals surface area contributed by atoms with Gasteiger partial charge in [0.2, 0.25) is 11.8 Å². The maximum Gasteiger partial charge on any atom is 0.416 e. The minimum Gasteiger partial charge on any atom is -0.365 e. The lowest BCUT2D eigenvalue weighted by atomic mass is 9.99. The molecule has 2 aliphatic rings. The van der Waals surface area contributed by atoms with Gasteiger partial charge in [-0.25, -0.2) is 0 Å². The van der Waals surface area contributed by atoms with Crippen LogP contribution in [0.15, 0.2) is 48.5 Å². The first-order valence-corrected chi connectivity index (χ1v) is 10.8. The zero-order valence-electron chi connectivity index (χ0n) is 17.9. The Kier molecular flexibility index (Phi) is 6.13. The third-order valence-corrected chi connectivity index (χ3v) is 6.32. The van der Waals surface area contributed by atoms with E-state index in [1.165, 1.54) is 12.1 Å². The minimum atomic E-state index is -4.38. The average Bonchev–Trinajstić information content (AvgIpc) is 2.78. The molecule has 32 heavy (non-hydrogen) atoms. The average molecular weight is 445 g/mol. The molecule has 0 atom stereocenters. The zero-order valence-corrected chi connectivity index (χ0v) is 17.9. The molecule has 5 nitrogen and oxygen atoms in total. The Morgan fingerprint density at radius 3 is 2.12 bits per heavy atom. The Hall–Kier alpha value is -3.03. The van der Waals surface area contributed by atoms with Crippen molar-refractivity contribution in [1.29, 1.82) is 0 Å². The van der Waals surface area contributed by atoms with E-state index in [9.17, 15) is 22.8 Å². The summed E-state index contributed by atoms with van der Waals surface area (Å²) in [6.45, 7) is 4.19. The quantitative estimate of drug-likeness (QED) is 0.714. The van der Waals surface area contributed by atoms with E-state index in [-0.39, 0.29) is 24.3 Å². The first-order chi connectivity index (χ1) is 15.2. The van der Waals surface area contributed by atoms with E-state index >= 15 is 0 Å². The molecule has 170 valence electrons. The lowest BCUT2D eigenvalue weighted by Crippen LogP contribution is -2.52. The molecule has 2 aromatic rings. The lowest BCUT2D eigenvalue weighted by Gasteiger charge is -2.44. The Balaban J connectivity index is 1.36. The Bertz CT molecular complexity index is 983. The predicted molar refractivity (Wildman–Crippen MR) is 117 cm³/mol. The number of carbonyl (C=O) groups excluding carboxylic acids is 2. The third-order valence-electron chi connectivity index (χ3n) is 6.32. The largest absolute Gasteiger partial charge is 0.416 e. The molecule has 1 saturated heterocycles. The van der Waals surface area contributed by atoms with Crippen molar-refractivity contribution in [3.63, 3.8) is 0 Å². The molecule has 0 aromatic heterocycles. The molecule has 2 amide bonds. The summed E-state index contributed by atoms with van der Waals surface area (Å²) in [5.74, 6) is -0.0363. The molecule has 4 rings (SSSR count). The van der Waals surface area contributed by atoms with Gasteiger partial charge in [-0.1, -0.05) is 24.3 Å². The van der Waals surface area contributed by atoms with Crippen LogP contribution in [-0.2, 0) is 22.2 Å².